The summed E-state index contributed by atoms with van der Waals surface area (Å²) in [6.45, 7) is 0. The van der Waals surface area contributed by atoms with Crippen molar-refractivity contribution in [2.24, 2.45) is 0 Å². The Hall–Kier alpha value is -2.69. The van der Waals surface area contributed by atoms with Gasteiger partial charge in [0.25, 0.3) is 0 Å². The van der Waals surface area contributed by atoms with Crippen molar-refractivity contribution in [3.05, 3.63) is 59.4 Å². The molecule has 2 rings (SSSR count). The van der Waals surface area contributed by atoms with Crippen molar-refractivity contribution in [2.45, 2.75) is 0 Å². The lowest BCUT2D eigenvalue weighted by molar-refractivity contribution is 0.0689. The van der Waals surface area contributed by atoms with Crippen LogP contribution in [-0.2, 0) is 0 Å². The number of methoxy groups -OCH3 is 1. The minimum atomic E-state index is -1.21. The molecule has 0 saturated heterocycles. The van der Waals surface area contributed by atoms with Gasteiger partial charge in [-0.1, -0.05) is 12.1 Å². The number of aromatic carboxylic acids is 1. The smallest absolute Gasteiger partial charge is 0.340 e. The highest BCUT2D eigenvalue weighted by Crippen LogP contribution is 2.24. The van der Waals surface area contributed by atoms with Gasteiger partial charge in [-0.15, -0.1) is 0 Å². The molecule has 1 N–H and O–H groups in total. The van der Waals surface area contributed by atoms with Crippen molar-refractivity contribution in [3.63, 3.8) is 0 Å². The Morgan fingerprint density at radius 2 is 1.95 bits per heavy atom. The van der Waals surface area contributed by atoms with Gasteiger partial charge in [0.15, 0.2) is 0 Å². The van der Waals surface area contributed by atoms with Crippen molar-refractivity contribution in [1.29, 1.82) is 0 Å². The number of rotatable bonds is 4. The summed E-state index contributed by atoms with van der Waals surface area (Å²) in [5.41, 5.74) is 0.101. The maximum atomic E-state index is 12.3. The Morgan fingerprint density at radius 3 is 2.53 bits per heavy atom. The quantitative estimate of drug-likeness (QED) is 0.848. The van der Waals surface area contributed by atoms with Crippen LogP contribution in [0.1, 0.15) is 26.4 Å². The summed E-state index contributed by atoms with van der Waals surface area (Å²) in [6.07, 6.45) is 1.48. The van der Waals surface area contributed by atoms with Gasteiger partial charge in [0.05, 0.1) is 7.11 Å². The second-order valence-electron chi connectivity index (χ2n) is 3.73. The number of hydrogen-bond donors (Lipinski definition) is 1. The van der Waals surface area contributed by atoms with E-state index in [9.17, 15) is 14.7 Å². The number of aromatic nitrogens is 1. The summed E-state index contributed by atoms with van der Waals surface area (Å²) in [6, 6.07) is 9.40. The Kier molecular flexibility index (Phi) is 3.56. The molecule has 2 aromatic rings. The number of pyridine rings is 1. The largest absolute Gasteiger partial charge is 0.496 e. The highest BCUT2D eigenvalue weighted by molar-refractivity contribution is 6.14. The SMILES string of the molecule is COc1cccc(C(=O)c2ccccn2)c1C(=O)O. The van der Waals surface area contributed by atoms with Crippen molar-refractivity contribution in [3.8, 4) is 5.75 Å². The van der Waals surface area contributed by atoms with Crippen LogP contribution in [0.15, 0.2) is 42.6 Å². The van der Waals surface area contributed by atoms with Crippen LogP contribution in [0.5, 0.6) is 5.75 Å². The number of carbonyl (C=O) groups is 2. The molecule has 1 heterocycles. The first-order valence-corrected chi connectivity index (χ1v) is 5.51. The second-order valence-corrected chi connectivity index (χ2v) is 3.73. The van der Waals surface area contributed by atoms with Gasteiger partial charge < -0.3 is 9.84 Å². The standard InChI is InChI=1S/C14H11NO4/c1-19-11-7-4-5-9(12(11)14(17)18)13(16)10-6-2-3-8-15-10/h2-8H,1H3,(H,17,18). The third-order valence-electron chi connectivity index (χ3n) is 2.60. The normalized spacial score (nSPS) is 9.95. The summed E-state index contributed by atoms with van der Waals surface area (Å²) in [7, 11) is 1.36. The predicted octanol–water partition coefficient (Wildman–Crippen LogP) is 2.02. The zero-order chi connectivity index (χ0) is 13.8. The molecule has 0 aliphatic heterocycles. The van der Waals surface area contributed by atoms with Gasteiger partial charge in [0.1, 0.15) is 17.0 Å². The first-order valence-electron chi connectivity index (χ1n) is 5.51. The highest BCUT2D eigenvalue weighted by atomic mass is 16.5. The molecule has 0 fully saturated rings. The number of carbonyl (C=O) groups excluding carboxylic acids is 1. The lowest BCUT2D eigenvalue weighted by Gasteiger charge is -2.09. The minimum Gasteiger partial charge on any atom is -0.496 e. The summed E-state index contributed by atoms with van der Waals surface area (Å²) >= 11 is 0. The molecular weight excluding hydrogens is 246 g/mol. The molecule has 0 aliphatic rings. The molecule has 0 amide bonds. The van der Waals surface area contributed by atoms with Gasteiger partial charge in [-0.2, -0.15) is 0 Å². The predicted molar refractivity (Wildman–Crippen MR) is 67.6 cm³/mol. The van der Waals surface area contributed by atoms with Crippen molar-refractivity contribution < 1.29 is 19.4 Å². The zero-order valence-electron chi connectivity index (χ0n) is 10.2. The molecule has 19 heavy (non-hydrogen) atoms. The molecular formula is C14H11NO4. The van der Waals surface area contributed by atoms with E-state index in [0.29, 0.717) is 0 Å². The van der Waals surface area contributed by atoms with Crippen LogP contribution < -0.4 is 4.74 Å². The van der Waals surface area contributed by atoms with E-state index in [0.717, 1.165) is 0 Å². The highest BCUT2D eigenvalue weighted by Gasteiger charge is 2.22. The molecule has 0 aliphatic carbocycles. The number of carboxylic acid groups (broad SMARTS) is 1. The maximum Gasteiger partial charge on any atom is 0.340 e. The van der Waals surface area contributed by atoms with Crippen LogP contribution >= 0.6 is 0 Å². The van der Waals surface area contributed by atoms with Crippen LogP contribution in [0.4, 0.5) is 0 Å². The molecule has 5 nitrogen and oxygen atoms in total. The van der Waals surface area contributed by atoms with E-state index < -0.39 is 11.8 Å². The molecule has 0 atom stereocenters. The molecule has 0 bridgehead atoms. The molecule has 1 aromatic carbocycles. The number of nitrogens with zero attached hydrogens (tertiary/aromatic N) is 1. The average molecular weight is 257 g/mol. The van der Waals surface area contributed by atoms with Crippen LogP contribution in [0.3, 0.4) is 0 Å². The molecule has 0 radical (unpaired) electrons. The molecule has 0 unspecified atom stereocenters. The van der Waals surface area contributed by atoms with Gasteiger partial charge in [0, 0.05) is 11.8 Å². The van der Waals surface area contributed by atoms with Gasteiger partial charge in [-0.05, 0) is 24.3 Å². The van der Waals surface area contributed by atoms with E-state index in [1.807, 2.05) is 0 Å². The van der Waals surface area contributed by atoms with E-state index in [-0.39, 0.29) is 22.6 Å². The first-order chi connectivity index (χ1) is 9.15. The fourth-order valence-electron chi connectivity index (χ4n) is 1.75. The third kappa shape index (κ3) is 2.44. The Labute approximate surface area is 109 Å². The first kappa shape index (κ1) is 12.8. The molecule has 5 heteroatoms. The number of ether oxygens (including phenoxy) is 1. The second kappa shape index (κ2) is 5.30. The van der Waals surface area contributed by atoms with Gasteiger partial charge in [-0.25, -0.2) is 4.79 Å². The van der Waals surface area contributed by atoms with Crippen molar-refractivity contribution in [2.75, 3.05) is 7.11 Å². The van der Waals surface area contributed by atoms with E-state index in [1.54, 1.807) is 18.2 Å². The number of ketones is 1. The summed E-state index contributed by atoms with van der Waals surface area (Å²) in [5, 5.41) is 9.22. The average Bonchev–Trinajstić information content (AvgIpc) is 2.46. The number of carboxylic acids is 1. The van der Waals surface area contributed by atoms with E-state index in [1.165, 1.54) is 31.5 Å². The molecule has 0 saturated carbocycles. The van der Waals surface area contributed by atoms with Gasteiger partial charge in [0.2, 0.25) is 5.78 Å². The third-order valence-corrected chi connectivity index (χ3v) is 2.60. The minimum absolute atomic E-state index is 0.0607. The summed E-state index contributed by atoms with van der Waals surface area (Å²) in [4.78, 5) is 27.5. The van der Waals surface area contributed by atoms with Crippen LogP contribution in [-0.4, -0.2) is 29.0 Å². The molecule has 1 aromatic heterocycles. The van der Waals surface area contributed by atoms with Gasteiger partial charge >= 0.3 is 5.97 Å². The van der Waals surface area contributed by atoms with Crippen molar-refractivity contribution >= 4 is 11.8 Å². The monoisotopic (exact) mass is 257 g/mol. The van der Waals surface area contributed by atoms with Crippen LogP contribution in [0.2, 0.25) is 0 Å². The van der Waals surface area contributed by atoms with Gasteiger partial charge in [-0.3, -0.25) is 9.78 Å². The van der Waals surface area contributed by atoms with Crippen LogP contribution in [0.25, 0.3) is 0 Å². The lowest BCUT2D eigenvalue weighted by atomic mass is 10.0. The molecule has 96 valence electrons. The number of benzene rings is 1. The summed E-state index contributed by atoms with van der Waals surface area (Å²) in [5.74, 6) is -1.51. The Morgan fingerprint density at radius 1 is 1.16 bits per heavy atom. The zero-order valence-corrected chi connectivity index (χ0v) is 10.2. The Balaban J connectivity index is 2.57. The fourth-order valence-corrected chi connectivity index (χ4v) is 1.75. The lowest BCUT2D eigenvalue weighted by Crippen LogP contribution is -2.12. The summed E-state index contributed by atoms with van der Waals surface area (Å²) < 4.78 is 4.98. The Bertz CT molecular complexity index is 623. The van der Waals surface area contributed by atoms with E-state index in [2.05, 4.69) is 4.98 Å². The topological polar surface area (TPSA) is 76.5 Å². The number of hydrogen-bond acceptors (Lipinski definition) is 4. The molecule has 0 spiro atoms. The van der Waals surface area contributed by atoms with Crippen LogP contribution in [0, 0.1) is 0 Å². The van der Waals surface area contributed by atoms with E-state index >= 15 is 0 Å². The van der Waals surface area contributed by atoms with E-state index in [4.69, 9.17) is 4.74 Å². The van der Waals surface area contributed by atoms with Crippen molar-refractivity contribution in [1.82, 2.24) is 4.98 Å². The fraction of sp³-hybridized carbons (Fsp3) is 0.0714. The maximum absolute atomic E-state index is 12.3.